The second-order valence-electron chi connectivity index (χ2n) is 4.07. The molecule has 0 atom stereocenters. The fraction of sp³-hybridized carbons (Fsp3) is 0.308. The van der Waals surface area contributed by atoms with Gasteiger partial charge in [-0.15, -0.1) is 0 Å². The van der Waals surface area contributed by atoms with E-state index in [9.17, 15) is 9.59 Å². The number of hydrogen-bond donors (Lipinski definition) is 1. The highest BCUT2D eigenvalue weighted by Crippen LogP contribution is 2.26. The molecule has 0 saturated heterocycles. The van der Waals surface area contributed by atoms with Crippen LogP contribution in [-0.4, -0.2) is 15.8 Å². The third kappa shape index (κ3) is 3.57. The molecule has 0 spiro atoms. The van der Waals surface area contributed by atoms with Crippen LogP contribution in [0.15, 0.2) is 37.7 Å². The van der Waals surface area contributed by atoms with Gasteiger partial charge in [0, 0.05) is 18.7 Å². The van der Waals surface area contributed by atoms with Gasteiger partial charge in [0.1, 0.15) is 0 Å². The fourth-order valence-electron chi connectivity index (χ4n) is 1.58. The lowest BCUT2D eigenvalue weighted by Crippen LogP contribution is -2.09. The molecule has 1 N–H and O–H groups in total. The molecule has 0 radical (unpaired) electrons. The summed E-state index contributed by atoms with van der Waals surface area (Å²) in [5.74, 6) is 0.169. The van der Waals surface area contributed by atoms with Crippen molar-refractivity contribution in [3.8, 4) is 0 Å². The lowest BCUT2D eigenvalue weighted by Gasteiger charge is -2.01. The molecule has 5 nitrogen and oxygen atoms in total. The lowest BCUT2D eigenvalue weighted by molar-refractivity contribution is 0.0982. The maximum absolute atomic E-state index is 11.5. The average molecular weight is 278 g/mol. The van der Waals surface area contributed by atoms with Crippen LogP contribution in [0.1, 0.15) is 36.5 Å². The highest BCUT2D eigenvalue weighted by atomic mass is 32.2. The number of aryl methyl sites for hydroxylation is 1. The zero-order chi connectivity index (χ0) is 13.8. The molecule has 0 fully saturated rings. The molecule has 0 bridgehead atoms. The minimum Gasteiger partial charge on any atom is -0.446 e. The molecule has 2 aromatic rings. The Hall–Kier alpha value is -1.82. The number of rotatable bonds is 5. The van der Waals surface area contributed by atoms with E-state index in [1.165, 1.54) is 24.8 Å². The van der Waals surface area contributed by atoms with Crippen LogP contribution in [0.2, 0.25) is 0 Å². The number of hydrogen-bond acceptors (Lipinski definition) is 5. The predicted octanol–water partition coefficient (Wildman–Crippen LogP) is 2.67. The number of carbonyl (C=O) groups excluding carboxylic acids is 1. The van der Waals surface area contributed by atoms with Crippen molar-refractivity contribution in [3.05, 3.63) is 40.0 Å². The van der Waals surface area contributed by atoms with Crippen molar-refractivity contribution < 1.29 is 9.21 Å². The van der Waals surface area contributed by atoms with Crippen molar-refractivity contribution in [2.45, 2.75) is 36.9 Å². The Bertz CT molecular complexity index is 645. The molecule has 100 valence electrons. The summed E-state index contributed by atoms with van der Waals surface area (Å²) in [6.07, 6.45) is 1.68. The van der Waals surface area contributed by atoms with Gasteiger partial charge in [0.05, 0.1) is 0 Å². The van der Waals surface area contributed by atoms with Gasteiger partial charge in [0.25, 0.3) is 5.56 Å². The Morgan fingerprint density at radius 2 is 2.26 bits per heavy atom. The van der Waals surface area contributed by atoms with Crippen molar-refractivity contribution in [1.29, 1.82) is 0 Å². The summed E-state index contributed by atoms with van der Waals surface area (Å²) < 4.78 is 5.34. The maximum atomic E-state index is 11.5. The smallest absolute Gasteiger partial charge is 0.251 e. The van der Waals surface area contributed by atoms with Gasteiger partial charge in [-0.1, -0.05) is 13.3 Å². The summed E-state index contributed by atoms with van der Waals surface area (Å²) in [6.45, 7) is 3.47. The van der Waals surface area contributed by atoms with Crippen molar-refractivity contribution in [2.24, 2.45) is 0 Å². The van der Waals surface area contributed by atoms with Gasteiger partial charge in [0.2, 0.25) is 0 Å². The summed E-state index contributed by atoms with van der Waals surface area (Å²) in [5.41, 5.74) is 0.575. The van der Waals surface area contributed by atoms with Crippen LogP contribution in [0, 0.1) is 0 Å². The van der Waals surface area contributed by atoms with Crippen LogP contribution < -0.4 is 5.56 Å². The summed E-state index contributed by atoms with van der Waals surface area (Å²) >= 11 is 1.19. The van der Waals surface area contributed by atoms with E-state index in [4.69, 9.17) is 4.42 Å². The van der Waals surface area contributed by atoms with E-state index in [-0.39, 0.29) is 11.3 Å². The highest BCUT2D eigenvalue weighted by molar-refractivity contribution is 7.99. The number of carbonyl (C=O) groups is 1. The van der Waals surface area contributed by atoms with E-state index >= 15 is 0 Å². The number of H-pyrrole nitrogens is 1. The average Bonchev–Trinajstić information content (AvgIpc) is 2.77. The number of furan rings is 1. The van der Waals surface area contributed by atoms with E-state index in [1.807, 2.05) is 6.92 Å². The molecule has 0 unspecified atom stereocenters. The fourth-order valence-corrected chi connectivity index (χ4v) is 2.35. The van der Waals surface area contributed by atoms with Crippen LogP contribution >= 0.6 is 11.8 Å². The third-order valence-corrected chi connectivity index (χ3v) is 3.21. The first kappa shape index (κ1) is 13.6. The molecule has 0 saturated carbocycles. The van der Waals surface area contributed by atoms with E-state index in [0.29, 0.717) is 16.0 Å². The topological polar surface area (TPSA) is 76.0 Å². The Labute approximate surface area is 114 Å². The highest BCUT2D eigenvalue weighted by Gasteiger charge is 2.09. The number of ketones is 1. The zero-order valence-corrected chi connectivity index (χ0v) is 11.5. The van der Waals surface area contributed by atoms with Gasteiger partial charge in [-0.05, 0) is 30.3 Å². The lowest BCUT2D eigenvalue weighted by atomic mass is 10.2. The van der Waals surface area contributed by atoms with Gasteiger partial charge >= 0.3 is 0 Å². The Morgan fingerprint density at radius 1 is 1.47 bits per heavy atom. The number of aromatic nitrogens is 2. The number of Topliss-reactive ketones (excluding diaryl/α,β-unsaturated/α-hetero) is 1. The number of nitrogens with one attached hydrogen (secondary N) is 1. The van der Waals surface area contributed by atoms with Crippen LogP contribution in [0.4, 0.5) is 0 Å². The molecule has 2 heterocycles. The van der Waals surface area contributed by atoms with Crippen LogP contribution in [-0.2, 0) is 6.42 Å². The molecule has 2 aromatic heterocycles. The first-order valence-corrected chi connectivity index (χ1v) is 6.79. The van der Waals surface area contributed by atoms with E-state index in [1.54, 1.807) is 12.1 Å². The molecule has 0 aromatic carbocycles. The van der Waals surface area contributed by atoms with Crippen molar-refractivity contribution in [2.75, 3.05) is 0 Å². The van der Waals surface area contributed by atoms with Crippen LogP contribution in [0.5, 0.6) is 0 Å². The maximum Gasteiger partial charge on any atom is 0.251 e. The summed E-state index contributed by atoms with van der Waals surface area (Å²) in [7, 11) is 0. The van der Waals surface area contributed by atoms with Crippen molar-refractivity contribution >= 4 is 17.5 Å². The normalized spacial score (nSPS) is 10.6. The molecule has 2 rings (SSSR count). The predicted molar refractivity (Wildman–Crippen MR) is 71.7 cm³/mol. The van der Waals surface area contributed by atoms with E-state index < -0.39 is 0 Å². The van der Waals surface area contributed by atoms with Gasteiger partial charge in [0.15, 0.2) is 21.8 Å². The molecule has 0 amide bonds. The van der Waals surface area contributed by atoms with Crippen LogP contribution in [0.25, 0.3) is 0 Å². The molecule has 0 aliphatic carbocycles. The van der Waals surface area contributed by atoms with Gasteiger partial charge in [-0.3, -0.25) is 9.59 Å². The summed E-state index contributed by atoms with van der Waals surface area (Å²) in [5, 5.41) is 1.00. The molecule has 0 aliphatic heterocycles. The third-order valence-electron chi connectivity index (χ3n) is 2.40. The SMILES string of the molecule is CCCc1cc(=O)[nH]c(Sc2ccc(C(C)=O)o2)n1. The van der Waals surface area contributed by atoms with Crippen molar-refractivity contribution in [1.82, 2.24) is 9.97 Å². The van der Waals surface area contributed by atoms with E-state index in [2.05, 4.69) is 9.97 Å². The Morgan fingerprint density at radius 3 is 2.89 bits per heavy atom. The number of aromatic amines is 1. The van der Waals surface area contributed by atoms with Gasteiger partial charge in [-0.25, -0.2) is 4.98 Å². The van der Waals surface area contributed by atoms with Crippen molar-refractivity contribution in [3.63, 3.8) is 0 Å². The van der Waals surface area contributed by atoms with E-state index in [0.717, 1.165) is 18.5 Å². The molecule has 0 aliphatic rings. The van der Waals surface area contributed by atoms with Gasteiger partial charge in [-0.2, -0.15) is 0 Å². The summed E-state index contributed by atoms with van der Waals surface area (Å²) in [6, 6.07) is 4.79. The molecule has 19 heavy (non-hydrogen) atoms. The number of nitrogens with zero attached hydrogens (tertiary/aromatic N) is 1. The second kappa shape index (κ2) is 5.88. The first-order valence-electron chi connectivity index (χ1n) is 5.97. The molecular weight excluding hydrogens is 264 g/mol. The molecular formula is C13H14N2O3S. The summed E-state index contributed by atoms with van der Waals surface area (Å²) in [4.78, 5) is 29.6. The standard InChI is InChI=1S/C13H14N2O3S/c1-3-4-9-7-11(17)15-13(14-9)19-12-6-5-10(18-12)8(2)16/h5-7H,3-4H2,1-2H3,(H,14,15,17). The quantitative estimate of drug-likeness (QED) is 0.672. The Balaban J connectivity index is 2.22. The largest absolute Gasteiger partial charge is 0.446 e. The Kier molecular flexibility index (Phi) is 4.21. The second-order valence-corrected chi connectivity index (χ2v) is 5.06. The minimum absolute atomic E-state index is 0.131. The first-order chi connectivity index (χ1) is 9.08. The minimum atomic E-state index is -0.181. The molecule has 6 heteroatoms. The van der Waals surface area contributed by atoms with Crippen LogP contribution in [0.3, 0.4) is 0 Å². The van der Waals surface area contributed by atoms with Gasteiger partial charge < -0.3 is 9.40 Å². The zero-order valence-electron chi connectivity index (χ0n) is 10.7. The monoisotopic (exact) mass is 278 g/mol.